The maximum Gasteiger partial charge on any atom is 0.0431 e. The van der Waals surface area contributed by atoms with E-state index in [1.165, 1.54) is 32.1 Å². The van der Waals surface area contributed by atoms with Crippen molar-refractivity contribution in [2.45, 2.75) is 45.4 Å². The molecule has 0 amide bonds. The van der Waals surface area contributed by atoms with Crippen LogP contribution in [0.15, 0.2) is 0 Å². The van der Waals surface area contributed by atoms with Crippen molar-refractivity contribution in [2.24, 2.45) is 0 Å². The van der Waals surface area contributed by atoms with E-state index in [9.17, 15) is 0 Å². The Bertz CT molecular complexity index is 47.4. The van der Waals surface area contributed by atoms with E-state index in [-0.39, 0.29) is 44.8 Å². The van der Waals surface area contributed by atoms with Crippen LogP contribution in [0.4, 0.5) is 0 Å². The first-order chi connectivity index (χ1) is 4.41. The van der Waals surface area contributed by atoms with Gasteiger partial charge in [-0.15, -0.1) is 0 Å². The van der Waals surface area contributed by atoms with Gasteiger partial charge >= 0.3 is 0 Å². The molecule has 0 atom stereocenters. The molecule has 0 aromatic heterocycles. The van der Waals surface area contributed by atoms with Crippen LogP contribution < -0.4 is 0 Å². The van der Waals surface area contributed by atoms with Gasteiger partial charge in [0.05, 0.1) is 0 Å². The smallest absolute Gasteiger partial charge is 0.0431 e. The van der Waals surface area contributed by atoms with Crippen LogP contribution >= 0.6 is 0 Å². The molecule has 3 heteroatoms. The Morgan fingerprint density at radius 1 is 0.909 bits per heavy atom. The molecule has 0 aliphatic rings. The molecule has 0 aliphatic carbocycles. The molecule has 0 heterocycles. The van der Waals surface area contributed by atoms with Gasteiger partial charge in [0.2, 0.25) is 0 Å². The summed E-state index contributed by atoms with van der Waals surface area (Å²) in [7, 11) is 0. The number of aliphatic hydroxyl groups is 1. The van der Waals surface area contributed by atoms with E-state index >= 15 is 0 Å². The van der Waals surface area contributed by atoms with Gasteiger partial charge in [-0.1, -0.05) is 39.0 Å². The second-order valence-corrected chi connectivity index (χ2v) is 2.49. The topological polar surface area (TPSA) is 20.2 Å². The Morgan fingerprint density at radius 2 is 1.36 bits per heavy atom. The van der Waals surface area contributed by atoms with Crippen molar-refractivity contribution >= 4 is 0 Å². The van der Waals surface area contributed by atoms with E-state index in [2.05, 4.69) is 6.92 Å². The summed E-state index contributed by atoms with van der Waals surface area (Å²) in [5, 5.41) is 8.42. The number of rotatable bonds is 6. The van der Waals surface area contributed by atoms with Crippen molar-refractivity contribution in [2.75, 3.05) is 6.61 Å². The van der Waals surface area contributed by atoms with Crippen LogP contribution in [0.1, 0.15) is 45.4 Å². The fourth-order valence-corrected chi connectivity index (χ4v) is 0.892. The summed E-state index contributed by atoms with van der Waals surface area (Å²) in [5.74, 6) is 0. The van der Waals surface area contributed by atoms with Gasteiger partial charge in [0.25, 0.3) is 0 Å². The molecule has 11 heavy (non-hydrogen) atoms. The van der Waals surface area contributed by atoms with Gasteiger partial charge in [-0.3, -0.25) is 0 Å². The minimum atomic E-state index is 0. The van der Waals surface area contributed by atoms with E-state index in [4.69, 9.17) is 5.11 Å². The fourth-order valence-electron chi connectivity index (χ4n) is 0.892. The molecule has 1 nitrogen and oxygen atoms in total. The monoisotopic (exact) mass is 404 g/mol. The van der Waals surface area contributed by atoms with E-state index in [0.29, 0.717) is 6.61 Å². The molecular weight excluding hydrogens is 386 g/mol. The summed E-state index contributed by atoms with van der Waals surface area (Å²) < 4.78 is 0. The van der Waals surface area contributed by atoms with Gasteiger partial charge in [0, 0.05) is 51.4 Å². The predicted molar refractivity (Wildman–Crippen MR) is 40.5 cm³/mol. The van der Waals surface area contributed by atoms with Gasteiger partial charge < -0.3 is 5.11 Å². The Kier molecular flexibility index (Phi) is 29.1. The first-order valence-electron chi connectivity index (χ1n) is 4.02. The number of aliphatic hydroxyl groups excluding tert-OH is 1. The SMILES string of the molecule is CCCCCCCCO.[Nb].[Ta]. The van der Waals surface area contributed by atoms with Gasteiger partial charge in [0.15, 0.2) is 0 Å². The molecule has 0 spiro atoms. The third-order valence-electron chi connectivity index (χ3n) is 1.51. The molecule has 0 unspecified atom stereocenters. The molecule has 0 aromatic rings. The van der Waals surface area contributed by atoms with Crippen molar-refractivity contribution < 1.29 is 49.9 Å². The average Bonchev–Trinajstić information content (AvgIpc) is 1.89. The van der Waals surface area contributed by atoms with E-state index in [1.807, 2.05) is 0 Å². The maximum absolute atomic E-state index is 8.42. The third-order valence-corrected chi connectivity index (χ3v) is 1.51. The maximum atomic E-state index is 8.42. The van der Waals surface area contributed by atoms with Crippen LogP contribution in [0.3, 0.4) is 0 Å². The van der Waals surface area contributed by atoms with Crippen molar-refractivity contribution in [3.05, 3.63) is 0 Å². The summed E-state index contributed by atoms with van der Waals surface area (Å²) in [6, 6.07) is 0. The van der Waals surface area contributed by atoms with Crippen LogP contribution in [-0.2, 0) is 44.8 Å². The first-order valence-corrected chi connectivity index (χ1v) is 4.02. The van der Waals surface area contributed by atoms with Crippen molar-refractivity contribution in [1.82, 2.24) is 0 Å². The molecule has 0 rings (SSSR count). The van der Waals surface area contributed by atoms with E-state index < -0.39 is 0 Å². The zero-order valence-electron chi connectivity index (χ0n) is 7.29. The quantitative estimate of drug-likeness (QED) is 0.533. The van der Waals surface area contributed by atoms with Crippen LogP contribution in [0, 0.1) is 0 Å². The summed E-state index contributed by atoms with van der Waals surface area (Å²) in [6.07, 6.45) is 7.50. The standard InChI is InChI=1S/C8H18O.Nb.Ta/c1-2-3-4-5-6-7-8-9;;/h9H,2-8H2,1H3;;. The molecule has 0 saturated carbocycles. The van der Waals surface area contributed by atoms with Gasteiger partial charge in [-0.05, 0) is 6.42 Å². The summed E-state index contributed by atoms with van der Waals surface area (Å²) in [4.78, 5) is 0. The van der Waals surface area contributed by atoms with Gasteiger partial charge in [0.1, 0.15) is 0 Å². The zero-order chi connectivity index (χ0) is 6.95. The molecule has 0 bridgehead atoms. The Labute approximate surface area is 101 Å². The number of unbranched alkanes of at least 4 members (excludes halogenated alkanes) is 5. The molecular formula is C8H18NbOTa. The molecule has 0 aliphatic heterocycles. The van der Waals surface area contributed by atoms with Crippen LogP contribution in [0.25, 0.3) is 0 Å². The van der Waals surface area contributed by atoms with Crippen LogP contribution in [0.5, 0.6) is 0 Å². The molecule has 66 valence electrons. The molecule has 0 saturated heterocycles. The number of hydrogen-bond acceptors (Lipinski definition) is 1. The van der Waals surface area contributed by atoms with Crippen molar-refractivity contribution in [1.29, 1.82) is 0 Å². The molecule has 2 radical (unpaired) electrons. The summed E-state index contributed by atoms with van der Waals surface area (Å²) in [5.41, 5.74) is 0. The average molecular weight is 404 g/mol. The predicted octanol–water partition coefficient (Wildman–Crippen LogP) is 2.33. The van der Waals surface area contributed by atoms with Crippen LogP contribution in [-0.4, -0.2) is 11.7 Å². The van der Waals surface area contributed by atoms with E-state index in [0.717, 1.165) is 6.42 Å². The Hall–Kier alpha value is 1.44. The number of hydrogen-bond donors (Lipinski definition) is 1. The summed E-state index contributed by atoms with van der Waals surface area (Å²) in [6.45, 7) is 2.58. The minimum Gasteiger partial charge on any atom is -0.396 e. The second kappa shape index (κ2) is 17.5. The molecule has 0 aromatic carbocycles. The Morgan fingerprint density at radius 3 is 1.82 bits per heavy atom. The Balaban J connectivity index is -0.000000320. The van der Waals surface area contributed by atoms with Crippen LogP contribution in [0.2, 0.25) is 0 Å². The van der Waals surface area contributed by atoms with Gasteiger partial charge in [-0.25, -0.2) is 0 Å². The summed E-state index contributed by atoms with van der Waals surface area (Å²) >= 11 is 0. The van der Waals surface area contributed by atoms with Crippen molar-refractivity contribution in [3.63, 3.8) is 0 Å². The fraction of sp³-hybridized carbons (Fsp3) is 1.00. The first kappa shape index (κ1) is 18.3. The van der Waals surface area contributed by atoms with Crippen molar-refractivity contribution in [3.8, 4) is 0 Å². The molecule has 1 N–H and O–H groups in total. The molecule has 0 fully saturated rings. The normalized spacial score (nSPS) is 8.18. The third kappa shape index (κ3) is 18.4. The zero-order valence-corrected chi connectivity index (χ0v) is 12.7. The second-order valence-electron chi connectivity index (χ2n) is 2.49. The largest absolute Gasteiger partial charge is 0.396 e. The van der Waals surface area contributed by atoms with E-state index in [1.54, 1.807) is 0 Å². The van der Waals surface area contributed by atoms with Gasteiger partial charge in [-0.2, -0.15) is 0 Å². The minimum absolute atomic E-state index is 0.